The van der Waals surface area contributed by atoms with Crippen LogP contribution < -0.4 is 0 Å². The summed E-state index contributed by atoms with van der Waals surface area (Å²) in [5, 5.41) is 15.6. The van der Waals surface area contributed by atoms with Crippen molar-refractivity contribution in [1.29, 1.82) is 0 Å². The fourth-order valence-corrected chi connectivity index (χ4v) is 6.19. The van der Waals surface area contributed by atoms with E-state index >= 15 is 0 Å². The maximum Gasteiger partial charge on any atom is -0.00141 e. The minimum Gasteiger partial charge on any atom is -0.0616 e. The van der Waals surface area contributed by atoms with Gasteiger partial charge in [0.2, 0.25) is 0 Å². The number of benzene rings is 7. The molecule has 0 aliphatic carbocycles. The van der Waals surface area contributed by atoms with Gasteiger partial charge in [0.05, 0.1) is 0 Å². The molecule has 0 bridgehead atoms. The van der Waals surface area contributed by atoms with Gasteiger partial charge in [0, 0.05) is 0 Å². The van der Waals surface area contributed by atoms with E-state index in [0.29, 0.717) is 0 Å². The molecule has 0 saturated heterocycles. The molecule has 166 valence electrons. The zero-order valence-electron chi connectivity index (χ0n) is 19.7. The van der Waals surface area contributed by atoms with Crippen molar-refractivity contribution in [2.75, 3.05) is 0 Å². The summed E-state index contributed by atoms with van der Waals surface area (Å²) < 4.78 is 0. The van der Waals surface area contributed by atoms with Gasteiger partial charge in [0.15, 0.2) is 0 Å². The van der Waals surface area contributed by atoms with Crippen LogP contribution in [0.15, 0.2) is 133 Å². The van der Waals surface area contributed by atoms with Crippen LogP contribution in [0.3, 0.4) is 0 Å². The molecule has 0 atom stereocenters. The van der Waals surface area contributed by atoms with Crippen LogP contribution in [0.25, 0.3) is 75.8 Å². The largest absolute Gasteiger partial charge is 0.0616 e. The van der Waals surface area contributed by atoms with Gasteiger partial charge in [-0.05, 0) is 81.8 Å². The standard InChI is InChI=1S/C36H22/c1-2-9-25-22-26(17-16-23(25)8-1)27-20-21-34-31-14-6-4-12-29(31)28-11-3-5-13-30(28)32-15-7-10-24-18-19-33(27)36(34)35(24)32/h1-22H. The van der Waals surface area contributed by atoms with Crippen LogP contribution in [-0.2, 0) is 0 Å². The minimum absolute atomic E-state index is 1.26. The minimum atomic E-state index is 1.26. The smallest absolute Gasteiger partial charge is 0.00141 e. The van der Waals surface area contributed by atoms with Gasteiger partial charge >= 0.3 is 0 Å². The van der Waals surface area contributed by atoms with Gasteiger partial charge in [-0.3, -0.25) is 0 Å². The third kappa shape index (κ3) is 2.70. The molecule has 0 heteroatoms. The van der Waals surface area contributed by atoms with Crippen LogP contribution >= 0.6 is 0 Å². The highest BCUT2D eigenvalue weighted by Gasteiger charge is 2.15. The van der Waals surface area contributed by atoms with E-state index in [1.165, 1.54) is 75.8 Å². The Labute approximate surface area is 209 Å². The Morgan fingerprint density at radius 3 is 1.56 bits per heavy atom. The van der Waals surface area contributed by atoms with Crippen molar-refractivity contribution >= 4 is 64.6 Å². The van der Waals surface area contributed by atoms with Crippen LogP contribution in [0.4, 0.5) is 0 Å². The van der Waals surface area contributed by atoms with Crippen LogP contribution in [0, 0.1) is 0 Å². The van der Waals surface area contributed by atoms with Gasteiger partial charge in [-0.25, -0.2) is 0 Å². The van der Waals surface area contributed by atoms with E-state index in [1.807, 2.05) is 0 Å². The molecule has 0 aromatic heterocycles. The molecule has 0 heterocycles. The Hall–Kier alpha value is -4.68. The number of hydrogen-bond donors (Lipinski definition) is 0. The van der Waals surface area contributed by atoms with Crippen molar-refractivity contribution < 1.29 is 0 Å². The van der Waals surface area contributed by atoms with Crippen molar-refractivity contribution in [3.63, 3.8) is 0 Å². The van der Waals surface area contributed by atoms with Crippen LogP contribution in [0.5, 0.6) is 0 Å². The first-order chi connectivity index (χ1) is 17.9. The van der Waals surface area contributed by atoms with Crippen molar-refractivity contribution in [1.82, 2.24) is 0 Å². The molecule has 0 radical (unpaired) electrons. The summed E-state index contributed by atoms with van der Waals surface area (Å²) in [6, 6.07) is 49.2. The van der Waals surface area contributed by atoms with E-state index < -0.39 is 0 Å². The number of fused-ring (bicyclic) bond motifs is 6. The molecule has 0 aliphatic rings. The summed E-state index contributed by atoms with van der Waals surface area (Å²) in [5.41, 5.74) is 2.54. The van der Waals surface area contributed by atoms with E-state index in [2.05, 4.69) is 133 Å². The highest BCUT2D eigenvalue weighted by Crippen LogP contribution is 2.43. The predicted molar refractivity (Wildman–Crippen MR) is 157 cm³/mol. The Morgan fingerprint density at radius 2 is 0.806 bits per heavy atom. The summed E-state index contributed by atoms with van der Waals surface area (Å²) >= 11 is 0. The molecule has 8 aromatic rings. The summed E-state index contributed by atoms with van der Waals surface area (Å²) in [6.45, 7) is 0. The molecular weight excluding hydrogens is 432 g/mol. The fourth-order valence-electron chi connectivity index (χ4n) is 6.19. The van der Waals surface area contributed by atoms with Crippen molar-refractivity contribution in [2.45, 2.75) is 0 Å². The average Bonchev–Trinajstić information content (AvgIpc) is 2.95. The summed E-state index contributed by atoms with van der Waals surface area (Å²) in [4.78, 5) is 0. The molecule has 8 rings (SSSR count). The molecule has 8 aromatic carbocycles. The molecule has 0 amide bonds. The zero-order valence-corrected chi connectivity index (χ0v) is 19.7. The van der Waals surface area contributed by atoms with Crippen molar-refractivity contribution in [3.8, 4) is 11.1 Å². The lowest BCUT2D eigenvalue weighted by atomic mass is 9.87. The van der Waals surface area contributed by atoms with Gasteiger partial charge in [-0.1, -0.05) is 127 Å². The molecule has 0 N–H and O–H groups in total. The van der Waals surface area contributed by atoms with Gasteiger partial charge in [0.1, 0.15) is 0 Å². The van der Waals surface area contributed by atoms with Crippen LogP contribution in [0.2, 0.25) is 0 Å². The Morgan fingerprint density at radius 1 is 0.278 bits per heavy atom. The lowest BCUT2D eigenvalue weighted by Gasteiger charge is -2.16. The first kappa shape index (κ1) is 19.6. The molecule has 0 fully saturated rings. The van der Waals surface area contributed by atoms with Gasteiger partial charge in [0.25, 0.3) is 0 Å². The number of hydrogen-bond acceptors (Lipinski definition) is 0. The quantitative estimate of drug-likeness (QED) is 0.216. The van der Waals surface area contributed by atoms with Crippen molar-refractivity contribution in [3.05, 3.63) is 133 Å². The molecule has 0 saturated carbocycles. The van der Waals surface area contributed by atoms with E-state index in [9.17, 15) is 0 Å². The molecule has 36 heavy (non-hydrogen) atoms. The first-order valence-electron chi connectivity index (χ1n) is 12.5. The van der Waals surface area contributed by atoms with E-state index in [4.69, 9.17) is 0 Å². The second-order valence-corrected chi connectivity index (χ2v) is 9.71. The average molecular weight is 455 g/mol. The molecule has 0 spiro atoms. The summed E-state index contributed by atoms with van der Waals surface area (Å²) in [7, 11) is 0. The highest BCUT2D eigenvalue weighted by atomic mass is 14.2. The Kier molecular flexibility index (Phi) is 4.03. The third-order valence-corrected chi connectivity index (χ3v) is 7.81. The normalized spacial score (nSPS) is 11.9. The lowest BCUT2D eigenvalue weighted by molar-refractivity contribution is 1.70. The Balaban J connectivity index is 1.65. The molecule has 0 unspecified atom stereocenters. The van der Waals surface area contributed by atoms with Crippen LogP contribution in [-0.4, -0.2) is 0 Å². The van der Waals surface area contributed by atoms with Gasteiger partial charge < -0.3 is 0 Å². The maximum atomic E-state index is 2.34. The second-order valence-electron chi connectivity index (χ2n) is 9.71. The topological polar surface area (TPSA) is 0 Å². The number of rotatable bonds is 1. The third-order valence-electron chi connectivity index (χ3n) is 7.81. The van der Waals surface area contributed by atoms with E-state index in [1.54, 1.807) is 0 Å². The SMILES string of the molecule is c1ccc2cc(-c3ccc4c5ccccc5c5ccccc5c5cccc6ccc3c4c65)ccc2c1. The first-order valence-corrected chi connectivity index (χ1v) is 12.5. The predicted octanol–water partition coefficient (Wildman–Crippen LogP) is 10.3. The summed E-state index contributed by atoms with van der Waals surface area (Å²) in [6.07, 6.45) is 0. The van der Waals surface area contributed by atoms with Gasteiger partial charge in [-0.15, -0.1) is 0 Å². The molecular formula is C36H22. The summed E-state index contributed by atoms with van der Waals surface area (Å²) in [5.74, 6) is 0. The monoisotopic (exact) mass is 454 g/mol. The van der Waals surface area contributed by atoms with Gasteiger partial charge in [-0.2, -0.15) is 0 Å². The molecule has 0 aliphatic heterocycles. The second kappa shape index (κ2) is 7.41. The van der Waals surface area contributed by atoms with E-state index in [-0.39, 0.29) is 0 Å². The lowest BCUT2D eigenvalue weighted by Crippen LogP contribution is -1.88. The maximum absolute atomic E-state index is 2.34. The van der Waals surface area contributed by atoms with Crippen LogP contribution in [0.1, 0.15) is 0 Å². The highest BCUT2D eigenvalue weighted by molar-refractivity contribution is 6.34. The zero-order chi connectivity index (χ0) is 23.6. The van der Waals surface area contributed by atoms with Crippen molar-refractivity contribution in [2.24, 2.45) is 0 Å². The molecule has 0 nitrogen and oxygen atoms in total. The van der Waals surface area contributed by atoms with E-state index in [0.717, 1.165) is 0 Å². The fraction of sp³-hybridized carbons (Fsp3) is 0. The Bertz CT molecular complexity index is 2150.